The van der Waals surface area contributed by atoms with Crippen LogP contribution in [0, 0.1) is 10.1 Å². The van der Waals surface area contributed by atoms with Crippen LogP contribution in [0.25, 0.3) is 0 Å². The van der Waals surface area contributed by atoms with Crippen LogP contribution in [0.3, 0.4) is 0 Å². The Labute approximate surface area is 108 Å². The van der Waals surface area contributed by atoms with Crippen LogP contribution in [0.5, 0.6) is 5.75 Å². The van der Waals surface area contributed by atoms with Crippen molar-refractivity contribution in [1.82, 2.24) is 0 Å². The summed E-state index contributed by atoms with van der Waals surface area (Å²) in [6.45, 7) is -0.446. The first-order valence-electron chi connectivity index (χ1n) is 5.56. The molecule has 1 fully saturated rings. The summed E-state index contributed by atoms with van der Waals surface area (Å²) < 4.78 is 10.4. The molecule has 3 N–H and O–H groups in total. The van der Waals surface area contributed by atoms with E-state index in [-0.39, 0.29) is 11.4 Å². The third-order valence-corrected chi connectivity index (χ3v) is 2.80. The van der Waals surface area contributed by atoms with Gasteiger partial charge in [-0.2, -0.15) is 0 Å². The van der Waals surface area contributed by atoms with Gasteiger partial charge in [-0.25, -0.2) is 0 Å². The lowest BCUT2D eigenvalue weighted by molar-refractivity contribution is -0.384. The van der Waals surface area contributed by atoms with E-state index in [1.165, 1.54) is 24.3 Å². The number of hydrogen-bond acceptors (Lipinski definition) is 7. The molecule has 0 bridgehead atoms. The minimum atomic E-state index is -1.30. The molecule has 104 valence electrons. The summed E-state index contributed by atoms with van der Waals surface area (Å²) in [5, 5.41) is 38.5. The molecule has 1 heterocycles. The Morgan fingerprint density at radius 3 is 2.37 bits per heavy atom. The molecule has 1 aliphatic heterocycles. The van der Waals surface area contributed by atoms with Crippen molar-refractivity contribution in [2.24, 2.45) is 0 Å². The first-order chi connectivity index (χ1) is 9.02. The number of nitrogens with zero attached hydrogens (tertiary/aromatic N) is 1. The van der Waals surface area contributed by atoms with Crippen molar-refractivity contribution in [2.45, 2.75) is 24.6 Å². The molecule has 8 nitrogen and oxygen atoms in total. The van der Waals surface area contributed by atoms with Crippen LogP contribution in [0.4, 0.5) is 5.69 Å². The van der Waals surface area contributed by atoms with Gasteiger partial charge in [0.1, 0.15) is 24.1 Å². The molecule has 0 aromatic heterocycles. The zero-order valence-corrected chi connectivity index (χ0v) is 9.75. The van der Waals surface area contributed by atoms with E-state index >= 15 is 0 Å². The highest BCUT2D eigenvalue weighted by atomic mass is 16.7. The lowest BCUT2D eigenvalue weighted by Crippen LogP contribution is -2.35. The standard InChI is InChI=1S/C11H13NO7/c13-5-8-9(14)10(15)11(19-8)18-7-3-1-6(2-4-7)12(16)17/h1-4,8-11,13-15H,5H2. The molecular weight excluding hydrogens is 258 g/mol. The van der Waals surface area contributed by atoms with E-state index in [4.69, 9.17) is 14.6 Å². The predicted molar refractivity (Wildman–Crippen MR) is 61.5 cm³/mol. The number of ether oxygens (including phenoxy) is 2. The second-order valence-electron chi connectivity index (χ2n) is 4.08. The van der Waals surface area contributed by atoms with E-state index in [9.17, 15) is 20.3 Å². The van der Waals surface area contributed by atoms with Gasteiger partial charge in [0, 0.05) is 12.1 Å². The van der Waals surface area contributed by atoms with Gasteiger partial charge in [0.25, 0.3) is 5.69 Å². The topological polar surface area (TPSA) is 122 Å². The van der Waals surface area contributed by atoms with E-state index < -0.39 is 36.1 Å². The maximum absolute atomic E-state index is 10.5. The fraction of sp³-hybridized carbons (Fsp3) is 0.455. The van der Waals surface area contributed by atoms with Crippen LogP contribution in [0.15, 0.2) is 24.3 Å². The molecule has 0 radical (unpaired) electrons. The van der Waals surface area contributed by atoms with Gasteiger partial charge < -0.3 is 24.8 Å². The molecule has 19 heavy (non-hydrogen) atoms. The van der Waals surface area contributed by atoms with Crippen molar-refractivity contribution in [3.05, 3.63) is 34.4 Å². The number of nitro groups is 1. The molecule has 1 saturated heterocycles. The van der Waals surface area contributed by atoms with Crippen LogP contribution in [0.2, 0.25) is 0 Å². The number of nitro benzene ring substituents is 1. The smallest absolute Gasteiger partial charge is 0.269 e. The maximum Gasteiger partial charge on any atom is 0.269 e. The number of aliphatic hydroxyl groups is 3. The van der Waals surface area contributed by atoms with Gasteiger partial charge in [-0.15, -0.1) is 0 Å². The van der Waals surface area contributed by atoms with Gasteiger partial charge in [-0.05, 0) is 12.1 Å². The van der Waals surface area contributed by atoms with Crippen LogP contribution < -0.4 is 4.74 Å². The minimum absolute atomic E-state index is 0.0893. The summed E-state index contributed by atoms with van der Waals surface area (Å²) in [5.74, 6) is 0.250. The van der Waals surface area contributed by atoms with Crippen molar-refractivity contribution in [3.63, 3.8) is 0 Å². The Kier molecular flexibility index (Phi) is 3.96. The SMILES string of the molecule is O=[N+]([O-])c1ccc(OC2OC(CO)C(O)C2O)cc1. The molecule has 4 unspecified atom stereocenters. The lowest BCUT2D eigenvalue weighted by atomic mass is 10.1. The van der Waals surface area contributed by atoms with Crippen molar-refractivity contribution in [2.75, 3.05) is 6.61 Å². The van der Waals surface area contributed by atoms with Crippen LogP contribution in [-0.4, -0.2) is 51.5 Å². The maximum atomic E-state index is 10.5. The molecule has 2 rings (SSSR count). The quantitative estimate of drug-likeness (QED) is 0.494. The Morgan fingerprint density at radius 1 is 1.26 bits per heavy atom. The van der Waals surface area contributed by atoms with Crippen LogP contribution in [0.1, 0.15) is 0 Å². The molecular formula is C11H13NO7. The summed E-state index contributed by atoms with van der Waals surface area (Å²) in [4.78, 5) is 9.93. The second-order valence-corrected chi connectivity index (χ2v) is 4.08. The summed E-state index contributed by atoms with van der Waals surface area (Å²) in [7, 11) is 0. The Bertz CT molecular complexity index is 449. The molecule has 1 aromatic rings. The molecule has 8 heteroatoms. The van der Waals surface area contributed by atoms with Gasteiger partial charge in [0.05, 0.1) is 11.5 Å². The first-order valence-corrected chi connectivity index (χ1v) is 5.56. The molecule has 0 spiro atoms. The average molecular weight is 271 g/mol. The predicted octanol–water partition coefficient (Wildman–Crippen LogP) is -0.587. The van der Waals surface area contributed by atoms with E-state index in [2.05, 4.69) is 0 Å². The highest BCUT2D eigenvalue weighted by Gasteiger charge is 2.43. The summed E-state index contributed by atoms with van der Waals surface area (Å²) in [6.07, 6.45) is -4.59. The van der Waals surface area contributed by atoms with Gasteiger partial charge in [0.2, 0.25) is 6.29 Å². The third kappa shape index (κ3) is 2.82. The van der Waals surface area contributed by atoms with Crippen molar-refractivity contribution in [3.8, 4) is 5.75 Å². The number of aliphatic hydroxyl groups excluding tert-OH is 3. The fourth-order valence-electron chi connectivity index (χ4n) is 1.74. The molecule has 0 aliphatic carbocycles. The number of rotatable bonds is 4. The van der Waals surface area contributed by atoms with E-state index in [0.29, 0.717) is 0 Å². The highest BCUT2D eigenvalue weighted by molar-refractivity contribution is 5.36. The van der Waals surface area contributed by atoms with E-state index in [1.54, 1.807) is 0 Å². The molecule has 1 aliphatic rings. The largest absolute Gasteiger partial charge is 0.462 e. The summed E-state index contributed by atoms with van der Waals surface area (Å²) >= 11 is 0. The van der Waals surface area contributed by atoms with Crippen LogP contribution in [-0.2, 0) is 4.74 Å². The van der Waals surface area contributed by atoms with Gasteiger partial charge in [0.15, 0.2) is 0 Å². The zero-order valence-electron chi connectivity index (χ0n) is 9.75. The monoisotopic (exact) mass is 271 g/mol. The molecule has 0 saturated carbocycles. The summed E-state index contributed by atoms with van der Waals surface area (Å²) in [6, 6.07) is 5.20. The van der Waals surface area contributed by atoms with Crippen LogP contribution >= 0.6 is 0 Å². The molecule has 4 atom stereocenters. The first kappa shape index (κ1) is 13.7. The lowest BCUT2D eigenvalue weighted by Gasteiger charge is -2.16. The molecule has 1 aromatic carbocycles. The van der Waals surface area contributed by atoms with Gasteiger partial charge in [-0.1, -0.05) is 0 Å². The van der Waals surface area contributed by atoms with Crippen molar-refractivity contribution < 1.29 is 29.7 Å². The van der Waals surface area contributed by atoms with Crippen molar-refractivity contribution >= 4 is 5.69 Å². The Morgan fingerprint density at radius 2 is 1.89 bits per heavy atom. The van der Waals surface area contributed by atoms with E-state index in [0.717, 1.165) is 0 Å². The van der Waals surface area contributed by atoms with Crippen molar-refractivity contribution in [1.29, 1.82) is 0 Å². The normalized spacial score (nSPS) is 30.3. The molecule has 0 amide bonds. The minimum Gasteiger partial charge on any atom is -0.462 e. The Hall–Kier alpha value is -1.74. The van der Waals surface area contributed by atoms with Gasteiger partial charge in [-0.3, -0.25) is 10.1 Å². The third-order valence-electron chi connectivity index (χ3n) is 2.80. The second kappa shape index (κ2) is 5.49. The number of benzene rings is 1. The van der Waals surface area contributed by atoms with Gasteiger partial charge >= 0.3 is 0 Å². The zero-order chi connectivity index (χ0) is 14.0. The number of non-ortho nitro benzene ring substituents is 1. The highest BCUT2D eigenvalue weighted by Crippen LogP contribution is 2.25. The average Bonchev–Trinajstić information content (AvgIpc) is 2.67. The van der Waals surface area contributed by atoms with E-state index in [1.807, 2.05) is 0 Å². The summed E-state index contributed by atoms with van der Waals surface area (Å²) in [5.41, 5.74) is -0.0893. The Balaban J connectivity index is 2.03. The fourth-order valence-corrected chi connectivity index (χ4v) is 1.74. The number of hydrogen-bond donors (Lipinski definition) is 3.